The molecule has 0 saturated heterocycles. The summed E-state index contributed by atoms with van der Waals surface area (Å²) in [7, 11) is 0. The molecule has 0 unspecified atom stereocenters. The Morgan fingerprint density at radius 3 is 2.77 bits per heavy atom. The highest BCUT2D eigenvalue weighted by molar-refractivity contribution is 6.34. The van der Waals surface area contributed by atoms with Crippen LogP contribution in [0.5, 0.6) is 0 Å². The van der Waals surface area contributed by atoms with Crippen LogP contribution < -0.4 is 10.9 Å². The molecule has 0 fully saturated rings. The van der Waals surface area contributed by atoms with Crippen molar-refractivity contribution < 1.29 is 13.6 Å². The first-order chi connectivity index (χ1) is 14.9. The average molecular weight is 442 g/mol. The Balaban J connectivity index is 1.82. The monoisotopic (exact) mass is 441 g/mol. The number of halogens is 2. The number of rotatable bonds is 5. The molecule has 0 spiro atoms. The minimum absolute atomic E-state index is 0.0375. The summed E-state index contributed by atoms with van der Waals surface area (Å²) in [6.07, 6.45) is 1.99. The molecule has 0 radical (unpaired) electrons. The standard InChI is InChI=1S/C21H17ClFN5O3/c1-3-12-11(2)24-21(26-19(12)29)28-17(10-15(27-28)16-8-5-9-31-16)25-20(30)18-13(22)6-4-7-14(18)23/h4-10H,3H2,1-2H3,(H,25,30)(H,24,26,29). The molecule has 0 aliphatic heterocycles. The number of hydrogen-bond donors (Lipinski definition) is 2. The third-order valence-electron chi connectivity index (χ3n) is 4.68. The molecule has 0 bridgehead atoms. The second kappa shape index (κ2) is 8.19. The second-order valence-electron chi connectivity index (χ2n) is 6.66. The van der Waals surface area contributed by atoms with Gasteiger partial charge in [-0.2, -0.15) is 9.78 Å². The predicted molar refractivity (Wildman–Crippen MR) is 113 cm³/mol. The van der Waals surface area contributed by atoms with Gasteiger partial charge in [-0.1, -0.05) is 24.6 Å². The molecule has 31 heavy (non-hydrogen) atoms. The van der Waals surface area contributed by atoms with Gasteiger partial charge in [0.2, 0.25) is 5.95 Å². The van der Waals surface area contributed by atoms with Crippen molar-refractivity contribution in [3.8, 4) is 17.4 Å². The van der Waals surface area contributed by atoms with Crippen LogP contribution in [0.3, 0.4) is 0 Å². The van der Waals surface area contributed by atoms with E-state index in [0.29, 0.717) is 29.1 Å². The molecule has 1 aromatic carbocycles. The van der Waals surface area contributed by atoms with Crippen LogP contribution in [0, 0.1) is 12.7 Å². The van der Waals surface area contributed by atoms with Gasteiger partial charge in [0.05, 0.1) is 16.8 Å². The summed E-state index contributed by atoms with van der Waals surface area (Å²) in [4.78, 5) is 32.3. The molecule has 2 N–H and O–H groups in total. The van der Waals surface area contributed by atoms with Crippen LogP contribution >= 0.6 is 11.6 Å². The van der Waals surface area contributed by atoms with Crippen molar-refractivity contribution in [3.63, 3.8) is 0 Å². The third-order valence-corrected chi connectivity index (χ3v) is 4.99. The van der Waals surface area contributed by atoms with Crippen molar-refractivity contribution >= 4 is 23.3 Å². The predicted octanol–water partition coefficient (Wildman–Crippen LogP) is 4.13. The van der Waals surface area contributed by atoms with E-state index in [1.807, 2.05) is 6.92 Å². The zero-order valence-electron chi connectivity index (χ0n) is 16.6. The number of amides is 1. The number of aryl methyl sites for hydroxylation is 1. The maximum Gasteiger partial charge on any atom is 0.261 e. The molecule has 3 heterocycles. The first-order valence-corrected chi connectivity index (χ1v) is 9.76. The Bertz CT molecular complexity index is 1310. The zero-order valence-corrected chi connectivity index (χ0v) is 17.3. The summed E-state index contributed by atoms with van der Waals surface area (Å²) >= 11 is 6.01. The fourth-order valence-corrected chi connectivity index (χ4v) is 3.43. The van der Waals surface area contributed by atoms with Gasteiger partial charge < -0.3 is 9.73 Å². The Hall–Kier alpha value is -3.72. The average Bonchev–Trinajstić information content (AvgIpc) is 3.37. The first kappa shape index (κ1) is 20.5. The number of nitrogens with zero attached hydrogens (tertiary/aromatic N) is 3. The number of carbonyl (C=O) groups excluding carboxylic acids is 1. The topological polar surface area (TPSA) is 106 Å². The lowest BCUT2D eigenvalue weighted by atomic mass is 10.2. The largest absolute Gasteiger partial charge is 0.463 e. The van der Waals surface area contributed by atoms with Gasteiger partial charge in [-0.3, -0.25) is 14.6 Å². The van der Waals surface area contributed by atoms with Gasteiger partial charge in [-0.05, 0) is 37.6 Å². The Labute approximate surface area is 180 Å². The van der Waals surface area contributed by atoms with Crippen molar-refractivity contribution in [2.45, 2.75) is 20.3 Å². The van der Waals surface area contributed by atoms with E-state index in [1.54, 1.807) is 19.1 Å². The number of furan rings is 1. The molecule has 4 rings (SSSR count). The zero-order chi connectivity index (χ0) is 22.1. The lowest BCUT2D eigenvalue weighted by molar-refractivity contribution is 0.102. The van der Waals surface area contributed by atoms with Crippen LogP contribution in [0.1, 0.15) is 28.5 Å². The van der Waals surface area contributed by atoms with E-state index in [-0.39, 0.29) is 27.9 Å². The highest BCUT2D eigenvalue weighted by Crippen LogP contribution is 2.26. The molecular formula is C21H17ClFN5O3. The minimum Gasteiger partial charge on any atom is -0.463 e. The SMILES string of the molecule is CCc1c(C)nc(-n2nc(-c3ccco3)cc2NC(=O)c2c(F)cccc2Cl)[nH]c1=O. The molecule has 0 aliphatic carbocycles. The van der Waals surface area contributed by atoms with E-state index >= 15 is 0 Å². The molecule has 10 heteroatoms. The van der Waals surface area contributed by atoms with Gasteiger partial charge in [-0.25, -0.2) is 9.37 Å². The number of anilines is 1. The van der Waals surface area contributed by atoms with Crippen LogP contribution in [-0.4, -0.2) is 25.7 Å². The van der Waals surface area contributed by atoms with Crippen molar-refractivity contribution in [3.05, 3.63) is 80.7 Å². The number of aromatic nitrogens is 4. The normalized spacial score (nSPS) is 11.0. The van der Waals surface area contributed by atoms with E-state index in [2.05, 4.69) is 20.4 Å². The fourth-order valence-electron chi connectivity index (χ4n) is 3.18. The Morgan fingerprint density at radius 1 is 1.32 bits per heavy atom. The molecule has 1 amide bonds. The maximum atomic E-state index is 14.2. The summed E-state index contributed by atoms with van der Waals surface area (Å²) in [5.74, 6) is -0.881. The molecule has 158 valence electrons. The number of benzene rings is 1. The lowest BCUT2D eigenvalue weighted by Gasteiger charge is -2.10. The van der Waals surface area contributed by atoms with Gasteiger partial charge >= 0.3 is 0 Å². The highest BCUT2D eigenvalue weighted by atomic mass is 35.5. The summed E-state index contributed by atoms with van der Waals surface area (Å²) in [6, 6.07) is 8.85. The van der Waals surface area contributed by atoms with Crippen LogP contribution in [0.25, 0.3) is 17.4 Å². The minimum atomic E-state index is -0.778. The van der Waals surface area contributed by atoms with Crippen LogP contribution in [0.4, 0.5) is 10.2 Å². The quantitative estimate of drug-likeness (QED) is 0.484. The molecule has 8 nitrogen and oxygen atoms in total. The number of nitrogens with one attached hydrogen (secondary N) is 2. The molecule has 0 aliphatic rings. The number of aromatic amines is 1. The van der Waals surface area contributed by atoms with Crippen LogP contribution in [-0.2, 0) is 6.42 Å². The van der Waals surface area contributed by atoms with Crippen molar-refractivity contribution in [2.75, 3.05) is 5.32 Å². The summed E-state index contributed by atoms with van der Waals surface area (Å²) in [5.41, 5.74) is 0.835. The van der Waals surface area contributed by atoms with E-state index < -0.39 is 11.7 Å². The number of carbonyl (C=O) groups is 1. The number of hydrogen-bond acceptors (Lipinski definition) is 5. The smallest absolute Gasteiger partial charge is 0.261 e. The summed E-state index contributed by atoms with van der Waals surface area (Å²) in [6.45, 7) is 3.57. The van der Waals surface area contributed by atoms with E-state index in [0.717, 1.165) is 6.07 Å². The molecule has 4 aromatic rings. The second-order valence-corrected chi connectivity index (χ2v) is 7.07. The van der Waals surface area contributed by atoms with Gasteiger partial charge in [-0.15, -0.1) is 0 Å². The molecule has 0 saturated carbocycles. The van der Waals surface area contributed by atoms with E-state index in [9.17, 15) is 14.0 Å². The molecule has 3 aromatic heterocycles. The summed E-state index contributed by atoms with van der Waals surface area (Å²) in [5, 5.41) is 6.95. The van der Waals surface area contributed by atoms with Crippen LogP contribution in [0.2, 0.25) is 5.02 Å². The van der Waals surface area contributed by atoms with E-state index in [1.165, 1.54) is 29.1 Å². The Kier molecular flexibility index (Phi) is 5.43. The van der Waals surface area contributed by atoms with Gasteiger partial charge in [0.25, 0.3) is 11.5 Å². The third kappa shape index (κ3) is 3.87. The molecular weight excluding hydrogens is 425 g/mol. The fraction of sp³-hybridized carbons (Fsp3) is 0.143. The van der Waals surface area contributed by atoms with Crippen molar-refractivity contribution in [1.82, 2.24) is 19.7 Å². The van der Waals surface area contributed by atoms with Crippen LogP contribution in [0.15, 0.2) is 51.9 Å². The van der Waals surface area contributed by atoms with E-state index in [4.69, 9.17) is 16.0 Å². The van der Waals surface area contributed by atoms with Gasteiger partial charge in [0, 0.05) is 17.3 Å². The molecule has 0 atom stereocenters. The van der Waals surface area contributed by atoms with Gasteiger partial charge in [0.1, 0.15) is 17.3 Å². The lowest BCUT2D eigenvalue weighted by Crippen LogP contribution is -2.22. The Morgan fingerprint density at radius 2 is 2.13 bits per heavy atom. The highest BCUT2D eigenvalue weighted by Gasteiger charge is 2.21. The summed E-state index contributed by atoms with van der Waals surface area (Å²) < 4.78 is 20.8. The first-order valence-electron chi connectivity index (χ1n) is 9.38. The van der Waals surface area contributed by atoms with Gasteiger partial charge in [0.15, 0.2) is 5.76 Å². The number of H-pyrrole nitrogens is 1. The van der Waals surface area contributed by atoms with Crippen molar-refractivity contribution in [1.29, 1.82) is 0 Å². The maximum absolute atomic E-state index is 14.2. The van der Waals surface area contributed by atoms with Crippen molar-refractivity contribution in [2.24, 2.45) is 0 Å².